The fraction of sp³-hybridized carbons (Fsp3) is 0.294. The van der Waals surface area contributed by atoms with Crippen molar-refractivity contribution in [1.82, 2.24) is 10.1 Å². The van der Waals surface area contributed by atoms with Gasteiger partial charge in [0.15, 0.2) is 5.76 Å². The Balaban J connectivity index is 1.51. The maximum atomic E-state index is 12.2. The maximum absolute atomic E-state index is 12.2. The summed E-state index contributed by atoms with van der Waals surface area (Å²) in [7, 11) is 0. The number of carbonyl (C=O) groups excluding carboxylic acids is 1. The summed E-state index contributed by atoms with van der Waals surface area (Å²) in [5.74, 6) is 1.19. The highest BCUT2D eigenvalue weighted by molar-refractivity contribution is 5.82. The highest BCUT2D eigenvalue weighted by Crippen LogP contribution is 2.28. The summed E-state index contributed by atoms with van der Waals surface area (Å²) in [5.41, 5.74) is 1.40. The number of rotatable bonds is 3. The van der Waals surface area contributed by atoms with Gasteiger partial charge in [-0.15, -0.1) is 0 Å². The van der Waals surface area contributed by atoms with E-state index in [-0.39, 0.29) is 12.3 Å². The molecule has 3 aromatic rings. The zero-order chi connectivity index (χ0) is 15.6. The molecule has 0 atom stereocenters. The standard InChI is InChI=1S/C17H16N2O4/c20-17(19-5-7-21-8-6-19)11-13-10-16(23-18-13)15-9-12-3-1-2-4-14(12)22-15/h1-4,9-10H,5-8,11H2. The third-order valence-electron chi connectivity index (χ3n) is 3.92. The van der Waals surface area contributed by atoms with Crippen LogP contribution in [0.5, 0.6) is 0 Å². The Labute approximate surface area is 132 Å². The van der Waals surface area contributed by atoms with Crippen LogP contribution in [0.3, 0.4) is 0 Å². The first-order valence-electron chi connectivity index (χ1n) is 7.60. The Morgan fingerprint density at radius 3 is 2.78 bits per heavy atom. The second kappa shape index (κ2) is 5.89. The monoisotopic (exact) mass is 312 g/mol. The van der Waals surface area contributed by atoms with Crippen molar-refractivity contribution in [3.63, 3.8) is 0 Å². The van der Waals surface area contributed by atoms with Crippen LogP contribution < -0.4 is 0 Å². The molecule has 6 nitrogen and oxygen atoms in total. The number of nitrogens with zero attached hydrogens (tertiary/aromatic N) is 2. The van der Waals surface area contributed by atoms with Gasteiger partial charge in [0.05, 0.1) is 25.3 Å². The lowest BCUT2D eigenvalue weighted by atomic mass is 10.2. The molecule has 1 fully saturated rings. The molecule has 1 saturated heterocycles. The van der Waals surface area contributed by atoms with Crippen molar-refractivity contribution in [3.8, 4) is 11.5 Å². The quantitative estimate of drug-likeness (QED) is 0.743. The van der Waals surface area contributed by atoms with E-state index in [0.717, 1.165) is 11.0 Å². The third kappa shape index (κ3) is 2.85. The molecule has 0 aliphatic carbocycles. The molecule has 1 aromatic carbocycles. The predicted molar refractivity (Wildman–Crippen MR) is 82.8 cm³/mol. The lowest BCUT2D eigenvalue weighted by molar-refractivity contribution is -0.134. The molecule has 3 heterocycles. The molecule has 4 rings (SSSR count). The van der Waals surface area contributed by atoms with E-state index in [9.17, 15) is 4.79 Å². The molecule has 0 N–H and O–H groups in total. The molecule has 0 radical (unpaired) electrons. The van der Waals surface area contributed by atoms with Gasteiger partial charge in [-0.05, 0) is 12.1 Å². The van der Waals surface area contributed by atoms with Gasteiger partial charge >= 0.3 is 0 Å². The van der Waals surface area contributed by atoms with Crippen LogP contribution in [0.15, 0.2) is 45.3 Å². The van der Waals surface area contributed by atoms with Crippen LogP contribution in [-0.4, -0.2) is 42.3 Å². The second-order valence-corrected chi connectivity index (χ2v) is 5.50. The largest absolute Gasteiger partial charge is 0.453 e. The van der Waals surface area contributed by atoms with Crippen LogP contribution in [0, 0.1) is 0 Å². The van der Waals surface area contributed by atoms with Crippen LogP contribution in [0.25, 0.3) is 22.5 Å². The Hall–Kier alpha value is -2.60. The van der Waals surface area contributed by atoms with E-state index in [1.165, 1.54) is 0 Å². The van der Waals surface area contributed by atoms with E-state index in [0.29, 0.717) is 43.5 Å². The molecule has 1 amide bonds. The zero-order valence-electron chi connectivity index (χ0n) is 12.5. The van der Waals surface area contributed by atoms with Gasteiger partial charge in [0.2, 0.25) is 11.7 Å². The number of carbonyl (C=O) groups is 1. The van der Waals surface area contributed by atoms with Crippen molar-refractivity contribution in [3.05, 3.63) is 42.1 Å². The summed E-state index contributed by atoms with van der Waals surface area (Å²) in [6.45, 7) is 2.45. The average molecular weight is 312 g/mol. The lowest BCUT2D eigenvalue weighted by Crippen LogP contribution is -2.41. The molecule has 0 saturated carbocycles. The van der Waals surface area contributed by atoms with Crippen molar-refractivity contribution in [2.45, 2.75) is 6.42 Å². The highest BCUT2D eigenvalue weighted by atomic mass is 16.5. The first-order chi connectivity index (χ1) is 11.3. The minimum Gasteiger partial charge on any atom is -0.453 e. The summed E-state index contributed by atoms with van der Waals surface area (Å²) >= 11 is 0. The molecular formula is C17H16N2O4. The molecule has 0 spiro atoms. The number of hydrogen-bond donors (Lipinski definition) is 0. The minimum atomic E-state index is 0.0396. The van der Waals surface area contributed by atoms with Gasteiger partial charge in [0.25, 0.3) is 0 Å². The number of furan rings is 1. The van der Waals surface area contributed by atoms with Crippen LogP contribution in [0.4, 0.5) is 0 Å². The lowest BCUT2D eigenvalue weighted by Gasteiger charge is -2.26. The molecule has 23 heavy (non-hydrogen) atoms. The van der Waals surface area contributed by atoms with Crippen molar-refractivity contribution >= 4 is 16.9 Å². The fourth-order valence-electron chi connectivity index (χ4n) is 2.69. The first-order valence-corrected chi connectivity index (χ1v) is 7.60. The van der Waals surface area contributed by atoms with Gasteiger partial charge in [0, 0.05) is 24.5 Å². The van der Waals surface area contributed by atoms with Gasteiger partial charge in [-0.25, -0.2) is 0 Å². The molecular weight excluding hydrogens is 296 g/mol. The number of para-hydroxylation sites is 1. The first kappa shape index (κ1) is 14.0. The molecule has 6 heteroatoms. The van der Waals surface area contributed by atoms with E-state index in [1.807, 2.05) is 30.3 Å². The summed E-state index contributed by atoms with van der Waals surface area (Å²) in [6.07, 6.45) is 0.226. The third-order valence-corrected chi connectivity index (χ3v) is 3.92. The SMILES string of the molecule is O=C(Cc1cc(-c2cc3ccccc3o2)on1)N1CCOCC1. The van der Waals surface area contributed by atoms with Crippen LogP contribution in [-0.2, 0) is 16.0 Å². The summed E-state index contributed by atoms with van der Waals surface area (Å²) < 4.78 is 16.3. The number of aromatic nitrogens is 1. The van der Waals surface area contributed by atoms with Gasteiger partial charge in [-0.2, -0.15) is 0 Å². The molecule has 0 bridgehead atoms. The Morgan fingerprint density at radius 1 is 1.13 bits per heavy atom. The van der Waals surface area contributed by atoms with Crippen molar-refractivity contribution < 1.29 is 18.5 Å². The summed E-state index contributed by atoms with van der Waals surface area (Å²) in [6, 6.07) is 11.4. The molecule has 118 valence electrons. The molecule has 0 unspecified atom stereocenters. The maximum Gasteiger partial charge on any atom is 0.228 e. The van der Waals surface area contributed by atoms with E-state index < -0.39 is 0 Å². The highest BCUT2D eigenvalue weighted by Gasteiger charge is 2.19. The van der Waals surface area contributed by atoms with E-state index in [4.69, 9.17) is 13.7 Å². The molecule has 1 aliphatic heterocycles. The van der Waals surface area contributed by atoms with Crippen LogP contribution in [0.1, 0.15) is 5.69 Å². The van der Waals surface area contributed by atoms with Gasteiger partial charge in [0.1, 0.15) is 5.58 Å². The topological polar surface area (TPSA) is 68.7 Å². The van der Waals surface area contributed by atoms with Crippen LogP contribution >= 0.6 is 0 Å². The van der Waals surface area contributed by atoms with Crippen molar-refractivity contribution in [2.24, 2.45) is 0 Å². The Kier molecular flexibility index (Phi) is 3.59. The molecule has 1 aliphatic rings. The summed E-state index contributed by atoms with van der Waals surface area (Å²) in [4.78, 5) is 14.0. The van der Waals surface area contributed by atoms with Crippen molar-refractivity contribution in [1.29, 1.82) is 0 Å². The number of hydrogen-bond acceptors (Lipinski definition) is 5. The van der Waals surface area contributed by atoms with Crippen molar-refractivity contribution in [2.75, 3.05) is 26.3 Å². The average Bonchev–Trinajstić information content (AvgIpc) is 3.21. The van der Waals surface area contributed by atoms with E-state index in [2.05, 4.69) is 5.16 Å². The second-order valence-electron chi connectivity index (χ2n) is 5.50. The van der Waals surface area contributed by atoms with E-state index in [1.54, 1.807) is 11.0 Å². The van der Waals surface area contributed by atoms with Gasteiger partial charge < -0.3 is 18.6 Å². The Morgan fingerprint density at radius 2 is 1.96 bits per heavy atom. The van der Waals surface area contributed by atoms with Gasteiger partial charge in [-0.3, -0.25) is 4.79 Å². The Bertz CT molecular complexity index is 797. The predicted octanol–water partition coefficient (Wildman–Crippen LogP) is 2.49. The zero-order valence-corrected chi connectivity index (χ0v) is 12.5. The summed E-state index contributed by atoms with van der Waals surface area (Å²) in [5, 5.41) is 4.99. The number of morpholine rings is 1. The number of ether oxygens (including phenoxy) is 1. The van der Waals surface area contributed by atoms with Gasteiger partial charge in [-0.1, -0.05) is 23.4 Å². The number of amides is 1. The normalized spacial score (nSPS) is 15.2. The fourth-order valence-corrected chi connectivity index (χ4v) is 2.69. The number of fused-ring (bicyclic) bond motifs is 1. The minimum absolute atomic E-state index is 0.0396. The van der Waals surface area contributed by atoms with E-state index >= 15 is 0 Å². The number of benzene rings is 1. The van der Waals surface area contributed by atoms with Crippen LogP contribution in [0.2, 0.25) is 0 Å². The molecule has 2 aromatic heterocycles. The smallest absolute Gasteiger partial charge is 0.228 e.